The Balaban J connectivity index is 1.42. The number of methoxy groups -OCH3 is 1. The molecule has 1 fully saturated rings. The SMILES string of the molecule is COc1ccc(C(=O)Nc2nnc([C@H]3CC(=O)N(c4ccc(Cl)cc4)C3)s2)cc1. The molecule has 148 valence electrons. The standard InChI is InChI=1S/C20H17ClN4O3S/c1-28-16-8-2-12(3-9-16)18(27)22-20-24-23-19(29-20)13-10-17(26)25(11-13)15-6-4-14(21)5-7-15/h2-9,13H,10-11H2,1H3,(H,22,24,27)/t13-/m0/s1. The van der Waals surface area contributed by atoms with Crippen LogP contribution >= 0.6 is 22.9 Å². The van der Waals surface area contributed by atoms with Crippen molar-refractivity contribution >= 4 is 45.6 Å². The molecule has 1 saturated heterocycles. The predicted molar refractivity (Wildman–Crippen MR) is 112 cm³/mol. The number of hydrogen-bond donors (Lipinski definition) is 1. The molecule has 2 heterocycles. The number of anilines is 2. The number of hydrogen-bond acceptors (Lipinski definition) is 6. The van der Waals surface area contributed by atoms with Crippen LogP contribution in [0.3, 0.4) is 0 Å². The highest BCUT2D eigenvalue weighted by atomic mass is 35.5. The topological polar surface area (TPSA) is 84.4 Å². The van der Waals surface area contributed by atoms with E-state index in [0.717, 1.165) is 10.7 Å². The van der Waals surface area contributed by atoms with Crippen molar-refractivity contribution in [1.29, 1.82) is 0 Å². The van der Waals surface area contributed by atoms with Crippen molar-refractivity contribution in [3.8, 4) is 5.75 Å². The maximum atomic E-state index is 12.4. The highest BCUT2D eigenvalue weighted by Crippen LogP contribution is 2.34. The number of amides is 2. The fraction of sp³-hybridized carbons (Fsp3) is 0.200. The van der Waals surface area contributed by atoms with Crippen LogP contribution in [0, 0.1) is 0 Å². The van der Waals surface area contributed by atoms with E-state index < -0.39 is 0 Å². The van der Waals surface area contributed by atoms with Gasteiger partial charge in [-0.2, -0.15) is 0 Å². The lowest BCUT2D eigenvalue weighted by Crippen LogP contribution is -2.24. The van der Waals surface area contributed by atoms with Gasteiger partial charge in [-0.15, -0.1) is 10.2 Å². The number of benzene rings is 2. The number of rotatable bonds is 5. The Morgan fingerprint density at radius 2 is 1.90 bits per heavy atom. The third kappa shape index (κ3) is 4.23. The normalized spacial score (nSPS) is 16.1. The van der Waals surface area contributed by atoms with Gasteiger partial charge in [-0.3, -0.25) is 14.9 Å². The van der Waals surface area contributed by atoms with Crippen molar-refractivity contribution in [1.82, 2.24) is 10.2 Å². The lowest BCUT2D eigenvalue weighted by Gasteiger charge is -2.16. The van der Waals surface area contributed by atoms with Gasteiger partial charge in [-0.1, -0.05) is 22.9 Å². The fourth-order valence-corrected chi connectivity index (χ4v) is 4.06. The van der Waals surface area contributed by atoms with E-state index in [1.54, 1.807) is 48.4 Å². The first-order chi connectivity index (χ1) is 14.0. The van der Waals surface area contributed by atoms with Gasteiger partial charge in [0.25, 0.3) is 5.91 Å². The quantitative estimate of drug-likeness (QED) is 0.664. The van der Waals surface area contributed by atoms with Gasteiger partial charge in [0.2, 0.25) is 11.0 Å². The molecule has 3 aromatic rings. The maximum absolute atomic E-state index is 12.4. The van der Waals surface area contributed by atoms with Crippen LogP contribution in [0.15, 0.2) is 48.5 Å². The van der Waals surface area contributed by atoms with Crippen LogP contribution in [0.25, 0.3) is 0 Å². The zero-order valence-corrected chi connectivity index (χ0v) is 17.0. The molecule has 1 aliphatic rings. The lowest BCUT2D eigenvalue weighted by atomic mass is 10.1. The number of ether oxygens (including phenoxy) is 1. The number of aromatic nitrogens is 2. The monoisotopic (exact) mass is 428 g/mol. The molecule has 1 aromatic heterocycles. The molecular weight excluding hydrogens is 412 g/mol. The molecule has 9 heteroatoms. The maximum Gasteiger partial charge on any atom is 0.257 e. The van der Waals surface area contributed by atoms with Crippen LogP contribution in [-0.2, 0) is 4.79 Å². The predicted octanol–water partition coefficient (Wildman–Crippen LogP) is 3.97. The van der Waals surface area contributed by atoms with E-state index in [-0.39, 0.29) is 17.7 Å². The van der Waals surface area contributed by atoms with Crippen LogP contribution in [0.4, 0.5) is 10.8 Å². The summed E-state index contributed by atoms with van der Waals surface area (Å²) in [7, 11) is 1.57. The second kappa shape index (κ2) is 8.18. The van der Waals surface area contributed by atoms with Crippen molar-refractivity contribution in [2.45, 2.75) is 12.3 Å². The molecule has 0 aliphatic carbocycles. The average molecular weight is 429 g/mol. The molecular formula is C20H17ClN4O3S. The molecule has 4 rings (SSSR count). The van der Waals surface area contributed by atoms with Crippen molar-refractivity contribution in [2.24, 2.45) is 0 Å². The molecule has 0 saturated carbocycles. The minimum Gasteiger partial charge on any atom is -0.497 e. The Hall–Kier alpha value is -2.97. The van der Waals surface area contributed by atoms with E-state index in [1.807, 2.05) is 12.1 Å². The van der Waals surface area contributed by atoms with Gasteiger partial charge in [0.05, 0.1) is 7.11 Å². The Morgan fingerprint density at radius 1 is 1.17 bits per heavy atom. The number of halogens is 1. The van der Waals surface area contributed by atoms with Crippen molar-refractivity contribution < 1.29 is 14.3 Å². The van der Waals surface area contributed by atoms with E-state index in [1.165, 1.54) is 11.3 Å². The third-order valence-electron chi connectivity index (χ3n) is 4.63. The number of carbonyl (C=O) groups is 2. The van der Waals surface area contributed by atoms with Crippen LogP contribution in [0.2, 0.25) is 5.02 Å². The highest BCUT2D eigenvalue weighted by Gasteiger charge is 2.34. The minimum atomic E-state index is -0.277. The second-order valence-corrected chi connectivity index (χ2v) is 7.96. The molecule has 0 unspecified atom stereocenters. The van der Waals surface area contributed by atoms with Crippen molar-refractivity contribution in [2.75, 3.05) is 23.9 Å². The van der Waals surface area contributed by atoms with E-state index in [4.69, 9.17) is 16.3 Å². The minimum absolute atomic E-state index is 0.0244. The molecule has 1 N–H and O–H groups in total. The Morgan fingerprint density at radius 3 is 2.59 bits per heavy atom. The lowest BCUT2D eigenvalue weighted by molar-refractivity contribution is -0.117. The van der Waals surface area contributed by atoms with Gasteiger partial charge in [-0.25, -0.2) is 0 Å². The Kier molecular flexibility index (Phi) is 5.46. The summed E-state index contributed by atoms with van der Waals surface area (Å²) in [6.45, 7) is 0.515. The molecule has 7 nitrogen and oxygen atoms in total. The van der Waals surface area contributed by atoms with Gasteiger partial charge < -0.3 is 9.64 Å². The number of nitrogens with zero attached hydrogens (tertiary/aromatic N) is 3. The van der Waals surface area contributed by atoms with E-state index in [9.17, 15) is 9.59 Å². The zero-order chi connectivity index (χ0) is 20.4. The average Bonchev–Trinajstić information content (AvgIpc) is 3.35. The van der Waals surface area contributed by atoms with Gasteiger partial charge >= 0.3 is 0 Å². The number of carbonyl (C=O) groups excluding carboxylic acids is 2. The van der Waals surface area contributed by atoms with E-state index in [0.29, 0.717) is 34.4 Å². The molecule has 0 spiro atoms. The molecule has 2 aromatic carbocycles. The zero-order valence-electron chi connectivity index (χ0n) is 15.5. The van der Waals surface area contributed by atoms with Crippen molar-refractivity contribution in [3.05, 3.63) is 64.1 Å². The Bertz CT molecular complexity index is 1040. The van der Waals surface area contributed by atoms with Crippen molar-refractivity contribution in [3.63, 3.8) is 0 Å². The highest BCUT2D eigenvalue weighted by molar-refractivity contribution is 7.15. The molecule has 0 radical (unpaired) electrons. The fourth-order valence-electron chi connectivity index (χ4n) is 3.11. The van der Waals surface area contributed by atoms with Gasteiger partial charge in [0.15, 0.2) is 0 Å². The van der Waals surface area contributed by atoms with E-state index in [2.05, 4.69) is 15.5 Å². The first-order valence-electron chi connectivity index (χ1n) is 8.88. The summed E-state index contributed by atoms with van der Waals surface area (Å²) in [6, 6.07) is 14.0. The number of nitrogens with one attached hydrogen (secondary N) is 1. The molecule has 2 amide bonds. The molecule has 1 atom stereocenters. The second-order valence-electron chi connectivity index (χ2n) is 6.51. The Labute approximate surface area is 176 Å². The summed E-state index contributed by atoms with van der Waals surface area (Å²) < 4.78 is 5.09. The summed E-state index contributed by atoms with van der Waals surface area (Å²) in [5.74, 6) is 0.357. The summed E-state index contributed by atoms with van der Waals surface area (Å²) in [5, 5.41) is 12.7. The van der Waals surface area contributed by atoms with E-state index >= 15 is 0 Å². The molecule has 29 heavy (non-hydrogen) atoms. The van der Waals surface area contributed by atoms with Gasteiger partial charge in [0, 0.05) is 35.2 Å². The largest absolute Gasteiger partial charge is 0.497 e. The van der Waals surface area contributed by atoms with Gasteiger partial charge in [-0.05, 0) is 48.5 Å². The first-order valence-corrected chi connectivity index (χ1v) is 10.1. The molecule has 1 aliphatic heterocycles. The van der Waals surface area contributed by atoms with Crippen LogP contribution in [0.1, 0.15) is 27.7 Å². The first kappa shape index (κ1) is 19.4. The summed E-state index contributed by atoms with van der Waals surface area (Å²) >= 11 is 7.21. The smallest absolute Gasteiger partial charge is 0.257 e. The summed E-state index contributed by atoms with van der Waals surface area (Å²) in [6.07, 6.45) is 0.351. The van der Waals surface area contributed by atoms with Gasteiger partial charge in [0.1, 0.15) is 10.8 Å². The molecule has 0 bridgehead atoms. The summed E-state index contributed by atoms with van der Waals surface area (Å²) in [4.78, 5) is 26.5. The van der Waals surface area contributed by atoms with Crippen LogP contribution in [0.5, 0.6) is 5.75 Å². The summed E-state index contributed by atoms with van der Waals surface area (Å²) in [5.41, 5.74) is 1.30. The third-order valence-corrected chi connectivity index (χ3v) is 5.88. The van der Waals surface area contributed by atoms with Crippen LogP contribution in [-0.4, -0.2) is 35.7 Å². The van der Waals surface area contributed by atoms with Crippen LogP contribution < -0.4 is 15.0 Å².